The molecule has 0 amide bonds. The van der Waals surface area contributed by atoms with E-state index in [1.54, 1.807) is 0 Å². The van der Waals surface area contributed by atoms with Crippen LogP contribution in [0.3, 0.4) is 0 Å². The zero-order chi connectivity index (χ0) is 14.2. The maximum atomic E-state index is 5.52. The minimum atomic E-state index is 0.694. The van der Waals surface area contributed by atoms with Crippen molar-refractivity contribution in [3.63, 3.8) is 0 Å². The van der Waals surface area contributed by atoms with Crippen LogP contribution in [0.1, 0.15) is 30.7 Å². The summed E-state index contributed by atoms with van der Waals surface area (Å²) in [6.07, 6.45) is 2.13. The second-order valence-electron chi connectivity index (χ2n) is 4.79. The number of nitrogens with zero attached hydrogens (tertiary/aromatic N) is 1. The van der Waals surface area contributed by atoms with Gasteiger partial charge < -0.3 is 14.6 Å². The molecular weight excluding hydrogens is 248 g/mol. The van der Waals surface area contributed by atoms with Gasteiger partial charge in [-0.25, -0.2) is 0 Å². The Hall–Kier alpha value is -1.58. The van der Waals surface area contributed by atoms with Crippen LogP contribution in [-0.4, -0.2) is 11.2 Å². The van der Waals surface area contributed by atoms with Gasteiger partial charge in [-0.3, -0.25) is 0 Å². The van der Waals surface area contributed by atoms with Crippen LogP contribution in [0.4, 0.5) is 0 Å². The van der Waals surface area contributed by atoms with E-state index in [-0.39, 0.29) is 0 Å². The van der Waals surface area contributed by atoms with Crippen LogP contribution in [0, 0.1) is 0 Å². The van der Waals surface area contributed by atoms with Gasteiger partial charge in [0, 0.05) is 38.1 Å². The second-order valence-corrected chi connectivity index (χ2v) is 4.79. The molecule has 0 saturated carbocycles. The van der Waals surface area contributed by atoms with E-state index in [2.05, 4.69) is 59.4 Å². The number of rotatable bonds is 8. The minimum absolute atomic E-state index is 0.694. The van der Waals surface area contributed by atoms with Crippen molar-refractivity contribution in [3.05, 3.63) is 59.4 Å². The second kappa shape index (κ2) is 7.88. The summed E-state index contributed by atoms with van der Waals surface area (Å²) in [4.78, 5) is 0. The molecule has 0 radical (unpaired) electrons. The molecule has 0 spiro atoms. The molecule has 0 bridgehead atoms. The van der Waals surface area contributed by atoms with Gasteiger partial charge in [0.25, 0.3) is 0 Å². The van der Waals surface area contributed by atoms with Crippen LogP contribution >= 0.6 is 0 Å². The molecule has 3 nitrogen and oxygen atoms in total. The van der Waals surface area contributed by atoms with Gasteiger partial charge in [-0.05, 0) is 37.1 Å². The fourth-order valence-corrected chi connectivity index (χ4v) is 2.33. The third-order valence-corrected chi connectivity index (χ3v) is 3.47. The first-order valence-corrected chi connectivity index (χ1v) is 7.34. The lowest BCUT2D eigenvalue weighted by molar-refractivity contribution is 0.133. The molecule has 0 fully saturated rings. The molecule has 1 aromatic carbocycles. The first-order chi connectivity index (χ1) is 9.85. The van der Waals surface area contributed by atoms with Crippen molar-refractivity contribution in [1.82, 2.24) is 9.88 Å². The Kier molecular flexibility index (Phi) is 5.84. The van der Waals surface area contributed by atoms with Crippen LogP contribution in [0.25, 0.3) is 0 Å². The lowest BCUT2D eigenvalue weighted by Gasteiger charge is -2.11. The SMILES string of the molecule is CCOCc1ccccc1CNCc1cccn1CC. The molecular formula is C17H24N2O. The van der Waals surface area contributed by atoms with Gasteiger partial charge in [0.1, 0.15) is 0 Å². The van der Waals surface area contributed by atoms with Crippen molar-refractivity contribution in [1.29, 1.82) is 0 Å². The summed E-state index contributed by atoms with van der Waals surface area (Å²) in [6.45, 7) is 8.43. The zero-order valence-electron chi connectivity index (χ0n) is 12.4. The highest BCUT2D eigenvalue weighted by Crippen LogP contribution is 2.10. The number of hydrogen-bond donors (Lipinski definition) is 1. The van der Waals surface area contributed by atoms with Gasteiger partial charge in [-0.1, -0.05) is 24.3 Å². The maximum Gasteiger partial charge on any atom is 0.0719 e. The van der Waals surface area contributed by atoms with E-state index in [4.69, 9.17) is 4.74 Å². The first kappa shape index (κ1) is 14.8. The number of benzene rings is 1. The van der Waals surface area contributed by atoms with E-state index in [1.807, 2.05) is 6.92 Å². The van der Waals surface area contributed by atoms with Gasteiger partial charge in [-0.15, -0.1) is 0 Å². The van der Waals surface area contributed by atoms with E-state index >= 15 is 0 Å². The van der Waals surface area contributed by atoms with Crippen molar-refractivity contribution in [3.8, 4) is 0 Å². The molecule has 2 rings (SSSR count). The summed E-state index contributed by atoms with van der Waals surface area (Å²) in [5, 5.41) is 3.52. The number of ether oxygens (including phenoxy) is 1. The van der Waals surface area contributed by atoms with Gasteiger partial charge in [0.05, 0.1) is 6.61 Å². The van der Waals surface area contributed by atoms with Gasteiger partial charge in [0.15, 0.2) is 0 Å². The number of aromatic nitrogens is 1. The quantitative estimate of drug-likeness (QED) is 0.797. The Balaban J connectivity index is 1.90. The fourth-order valence-electron chi connectivity index (χ4n) is 2.33. The fraction of sp³-hybridized carbons (Fsp3) is 0.412. The summed E-state index contributed by atoms with van der Waals surface area (Å²) < 4.78 is 7.78. The van der Waals surface area contributed by atoms with Crippen molar-refractivity contribution in [2.24, 2.45) is 0 Å². The highest BCUT2D eigenvalue weighted by molar-refractivity contribution is 5.26. The monoisotopic (exact) mass is 272 g/mol. The first-order valence-electron chi connectivity index (χ1n) is 7.34. The normalized spacial score (nSPS) is 10.9. The van der Waals surface area contributed by atoms with E-state index in [9.17, 15) is 0 Å². The Morgan fingerprint density at radius 3 is 2.55 bits per heavy atom. The molecule has 1 aromatic heterocycles. The van der Waals surface area contributed by atoms with E-state index in [0.29, 0.717) is 6.61 Å². The third kappa shape index (κ3) is 3.95. The molecule has 1 N–H and O–H groups in total. The van der Waals surface area contributed by atoms with Gasteiger partial charge >= 0.3 is 0 Å². The van der Waals surface area contributed by atoms with E-state index < -0.39 is 0 Å². The van der Waals surface area contributed by atoms with Crippen molar-refractivity contribution in [2.45, 2.75) is 40.1 Å². The average molecular weight is 272 g/mol. The smallest absolute Gasteiger partial charge is 0.0719 e. The summed E-state index contributed by atoms with van der Waals surface area (Å²) in [7, 11) is 0. The van der Waals surface area contributed by atoms with Crippen LogP contribution in [0.15, 0.2) is 42.6 Å². The topological polar surface area (TPSA) is 26.2 Å². The Morgan fingerprint density at radius 1 is 1.00 bits per heavy atom. The number of hydrogen-bond acceptors (Lipinski definition) is 2. The molecule has 2 aromatic rings. The van der Waals surface area contributed by atoms with E-state index in [1.165, 1.54) is 16.8 Å². The summed E-state index contributed by atoms with van der Waals surface area (Å²) in [5.41, 5.74) is 3.91. The number of nitrogens with one attached hydrogen (secondary N) is 1. The molecule has 0 unspecified atom stereocenters. The van der Waals surface area contributed by atoms with E-state index in [0.717, 1.165) is 26.2 Å². The lowest BCUT2D eigenvalue weighted by Crippen LogP contribution is -2.16. The van der Waals surface area contributed by atoms with Crippen molar-refractivity contribution < 1.29 is 4.74 Å². The molecule has 1 heterocycles. The van der Waals surface area contributed by atoms with Crippen molar-refractivity contribution in [2.75, 3.05) is 6.61 Å². The molecule has 20 heavy (non-hydrogen) atoms. The highest BCUT2D eigenvalue weighted by atomic mass is 16.5. The minimum Gasteiger partial charge on any atom is -0.377 e. The van der Waals surface area contributed by atoms with Crippen LogP contribution < -0.4 is 5.32 Å². The largest absolute Gasteiger partial charge is 0.377 e. The van der Waals surface area contributed by atoms with Crippen molar-refractivity contribution >= 4 is 0 Å². The predicted molar refractivity (Wildman–Crippen MR) is 82.4 cm³/mol. The van der Waals surface area contributed by atoms with Crippen LogP contribution in [-0.2, 0) is 31.0 Å². The number of aryl methyl sites for hydroxylation is 1. The van der Waals surface area contributed by atoms with Gasteiger partial charge in [0.2, 0.25) is 0 Å². The zero-order valence-corrected chi connectivity index (χ0v) is 12.4. The van der Waals surface area contributed by atoms with Gasteiger partial charge in [-0.2, -0.15) is 0 Å². The highest BCUT2D eigenvalue weighted by Gasteiger charge is 2.03. The maximum absolute atomic E-state index is 5.52. The third-order valence-electron chi connectivity index (χ3n) is 3.47. The summed E-state index contributed by atoms with van der Waals surface area (Å²) in [6, 6.07) is 12.7. The molecule has 0 aliphatic carbocycles. The average Bonchev–Trinajstić information content (AvgIpc) is 2.94. The molecule has 108 valence electrons. The Bertz CT molecular complexity index is 519. The van der Waals surface area contributed by atoms with Crippen LogP contribution in [0.2, 0.25) is 0 Å². The Morgan fingerprint density at radius 2 is 1.80 bits per heavy atom. The molecule has 0 aliphatic heterocycles. The summed E-state index contributed by atoms with van der Waals surface area (Å²) in [5.74, 6) is 0. The standard InChI is InChI=1S/C17H24N2O/c1-3-19-11-7-10-17(19)13-18-12-15-8-5-6-9-16(15)14-20-4-2/h5-11,18H,3-4,12-14H2,1-2H3. The lowest BCUT2D eigenvalue weighted by atomic mass is 10.1. The predicted octanol–water partition coefficient (Wildman–Crippen LogP) is 3.33. The molecule has 0 saturated heterocycles. The summed E-state index contributed by atoms with van der Waals surface area (Å²) >= 11 is 0. The van der Waals surface area contributed by atoms with Crippen LogP contribution in [0.5, 0.6) is 0 Å². The Labute approximate surface area is 121 Å². The molecule has 0 atom stereocenters. The molecule has 0 aliphatic rings. The molecule has 3 heteroatoms.